The van der Waals surface area contributed by atoms with Crippen LogP contribution < -0.4 is 0 Å². The lowest BCUT2D eigenvalue weighted by atomic mass is 10.4. The quantitative estimate of drug-likeness (QED) is 0.727. The van der Waals surface area contributed by atoms with Gasteiger partial charge >= 0.3 is 0 Å². The SMILES string of the molecule is BrCc1cc(CBr)on1.OCc1cc(CBr)on1. The summed E-state index contributed by atoms with van der Waals surface area (Å²) in [5.41, 5.74) is 1.51. The summed E-state index contributed by atoms with van der Waals surface area (Å²) in [7, 11) is 0. The van der Waals surface area contributed by atoms with Crippen molar-refractivity contribution in [3.05, 3.63) is 35.0 Å². The van der Waals surface area contributed by atoms with E-state index in [4.69, 9.17) is 14.2 Å². The van der Waals surface area contributed by atoms with Crippen LogP contribution in [0.4, 0.5) is 0 Å². The average Bonchev–Trinajstić information content (AvgIpc) is 3.07. The van der Waals surface area contributed by atoms with Crippen molar-refractivity contribution in [3.63, 3.8) is 0 Å². The second-order valence-corrected chi connectivity index (χ2v) is 4.81. The summed E-state index contributed by atoms with van der Waals surface area (Å²) < 4.78 is 9.63. The van der Waals surface area contributed by atoms with Crippen molar-refractivity contribution in [2.24, 2.45) is 0 Å². The van der Waals surface area contributed by atoms with Crippen LogP contribution in [0.3, 0.4) is 0 Å². The van der Waals surface area contributed by atoms with E-state index in [9.17, 15) is 0 Å². The van der Waals surface area contributed by atoms with E-state index < -0.39 is 0 Å². The minimum atomic E-state index is -0.0590. The van der Waals surface area contributed by atoms with Crippen molar-refractivity contribution in [3.8, 4) is 0 Å². The molecule has 5 nitrogen and oxygen atoms in total. The predicted octanol–water partition coefficient (Wildman–Crippen LogP) is 3.53. The van der Waals surface area contributed by atoms with Crippen molar-refractivity contribution in [2.45, 2.75) is 22.6 Å². The largest absolute Gasteiger partial charge is 0.390 e. The fraction of sp³-hybridized carbons (Fsp3) is 0.400. The average molecular weight is 447 g/mol. The molecule has 18 heavy (non-hydrogen) atoms. The summed E-state index contributed by atoms with van der Waals surface area (Å²) >= 11 is 9.70. The summed E-state index contributed by atoms with van der Waals surface area (Å²) in [4.78, 5) is 0. The van der Waals surface area contributed by atoms with E-state index in [0.717, 1.165) is 27.9 Å². The van der Waals surface area contributed by atoms with Gasteiger partial charge in [0.1, 0.15) is 17.2 Å². The number of rotatable bonds is 4. The van der Waals surface area contributed by atoms with E-state index in [1.54, 1.807) is 6.07 Å². The molecule has 0 aliphatic rings. The Morgan fingerprint density at radius 3 is 1.67 bits per heavy atom. The summed E-state index contributed by atoms with van der Waals surface area (Å²) in [6.45, 7) is -0.0590. The molecular formula is C10H11Br3N2O3. The standard InChI is InChI=1S/C5H5Br2NO.C5H6BrNO2/c6-2-4-1-5(3-7)9-8-4;6-2-5-1-4(3-8)7-9-5/h1H,2-3H2;1,8H,2-3H2. The lowest BCUT2D eigenvalue weighted by molar-refractivity contribution is 0.265. The molecule has 2 rings (SSSR count). The number of hydrogen-bond acceptors (Lipinski definition) is 5. The summed E-state index contributed by atoms with van der Waals surface area (Å²) in [5, 5.41) is 17.9. The molecule has 0 atom stereocenters. The van der Waals surface area contributed by atoms with E-state index in [1.165, 1.54) is 0 Å². The minimum absolute atomic E-state index is 0.0590. The number of aromatic nitrogens is 2. The number of halogens is 3. The molecule has 0 aliphatic heterocycles. The Morgan fingerprint density at radius 1 is 0.889 bits per heavy atom. The van der Waals surface area contributed by atoms with Gasteiger partial charge in [0.2, 0.25) is 0 Å². The Morgan fingerprint density at radius 2 is 1.39 bits per heavy atom. The Labute approximate surface area is 129 Å². The van der Waals surface area contributed by atoms with Gasteiger partial charge in [-0.15, -0.1) is 0 Å². The molecule has 1 N–H and O–H groups in total. The normalized spacial score (nSPS) is 10.0. The van der Waals surface area contributed by atoms with Gasteiger partial charge in [-0.05, 0) is 0 Å². The van der Waals surface area contributed by atoms with Crippen LogP contribution in [0.15, 0.2) is 21.2 Å². The maximum absolute atomic E-state index is 8.51. The Balaban J connectivity index is 0.000000180. The molecule has 0 bridgehead atoms. The van der Waals surface area contributed by atoms with Crippen LogP contribution in [-0.2, 0) is 22.6 Å². The molecule has 0 amide bonds. The number of alkyl halides is 3. The van der Waals surface area contributed by atoms with Gasteiger partial charge in [-0.25, -0.2) is 0 Å². The molecule has 2 aromatic rings. The van der Waals surface area contributed by atoms with E-state index >= 15 is 0 Å². The second-order valence-electron chi connectivity index (χ2n) is 3.13. The molecule has 0 unspecified atom stereocenters. The van der Waals surface area contributed by atoms with Gasteiger partial charge in [-0.3, -0.25) is 0 Å². The smallest absolute Gasteiger partial charge is 0.147 e. The van der Waals surface area contributed by atoms with Gasteiger partial charge in [0, 0.05) is 17.5 Å². The number of hydrogen-bond donors (Lipinski definition) is 1. The van der Waals surface area contributed by atoms with Crippen molar-refractivity contribution in [1.29, 1.82) is 0 Å². The van der Waals surface area contributed by atoms with Gasteiger partial charge in [0.15, 0.2) is 0 Å². The zero-order chi connectivity index (χ0) is 13.4. The van der Waals surface area contributed by atoms with Gasteiger partial charge in [-0.1, -0.05) is 58.1 Å². The summed E-state index contributed by atoms with van der Waals surface area (Å²) in [5.74, 6) is 1.60. The Hall–Kier alpha value is -0.180. The second kappa shape index (κ2) is 8.84. The Bertz CT molecular complexity index is 379. The van der Waals surface area contributed by atoms with Crippen LogP contribution in [0, 0.1) is 0 Å². The maximum Gasteiger partial charge on any atom is 0.147 e. The first-order valence-electron chi connectivity index (χ1n) is 4.91. The topological polar surface area (TPSA) is 72.3 Å². The van der Waals surface area contributed by atoms with Gasteiger partial charge in [-0.2, -0.15) is 0 Å². The zero-order valence-electron chi connectivity index (χ0n) is 9.28. The first-order chi connectivity index (χ1) is 8.73. The van der Waals surface area contributed by atoms with Crippen molar-refractivity contribution in [2.75, 3.05) is 0 Å². The summed E-state index contributed by atoms with van der Waals surface area (Å²) in [6.07, 6.45) is 0. The third-order valence-corrected chi connectivity index (χ3v) is 3.46. The van der Waals surface area contributed by atoms with Crippen LogP contribution in [0.1, 0.15) is 22.9 Å². The fourth-order valence-corrected chi connectivity index (χ4v) is 1.77. The van der Waals surface area contributed by atoms with Crippen LogP contribution in [0.2, 0.25) is 0 Å². The highest BCUT2D eigenvalue weighted by Crippen LogP contribution is 2.09. The Kier molecular flexibility index (Phi) is 7.80. The van der Waals surface area contributed by atoms with E-state index in [-0.39, 0.29) is 6.61 Å². The highest BCUT2D eigenvalue weighted by atomic mass is 79.9. The zero-order valence-corrected chi connectivity index (χ0v) is 14.0. The van der Waals surface area contributed by atoms with E-state index in [0.29, 0.717) is 11.0 Å². The van der Waals surface area contributed by atoms with Crippen molar-refractivity contribution >= 4 is 47.8 Å². The lowest BCUT2D eigenvalue weighted by Gasteiger charge is -1.76. The molecule has 0 saturated carbocycles. The van der Waals surface area contributed by atoms with Gasteiger partial charge in [0.25, 0.3) is 0 Å². The number of aliphatic hydroxyl groups is 1. The molecule has 2 heterocycles. The van der Waals surface area contributed by atoms with Crippen molar-refractivity contribution < 1.29 is 14.2 Å². The minimum Gasteiger partial charge on any atom is -0.390 e. The molecular weight excluding hydrogens is 436 g/mol. The molecule has 100 valence electrons. The molecule has 8 heteroatoms. The maximum atomic E-state index is 8.51. The third kappa shape index (κ3) is 5.21. The van der Waals surface area contributed by atoms with Gasteiger partial charge < -0.3 is 14.2 Å². The number of nitrogens with zero attached hydrogens (tertiary/aromatic N) is 2. The summed E-state index contributed by atoms with van der Waals surface area (Å²) in [6, 6.07) is 3.61. The van der Waals surface area contributed by atoms with Crippen LogP contribution in [0.5, 0.6) is 0 Å². The van der Waals surface area contributed by atoms with Crippen molar-refractivity contribution in [1.82, 2.24) is 10.3 Å². The highest BCUT2D eigenvalue weighted by molar-refractivity contribution is 9.09. The molecule has 2 aromatic heterocycles. The molecule has 0 aliphatic carbocycles. The van der Waals surface area contributed by atoms with Crippen LogP contribution >= 0.6 is 47.8 Å². The molecule has 0 fully saturated rings. The predicted molar refractivity (Wildman–Crippen MR) is 76.8 cm³/mol. The van der Waals surface area contributed by atoms with Gasteiger partial charge in [0.05, 0.1) is 23.0 Å². The van der Waals surface area contributed by atoms with E-state index in [1.807, 2.05) is 6.07 Å². The molecule has 0 spiro atoms. The van der Waals surface area contributed by atoms with Crippen LogP contribution in [-0.4, -0.2) is 15.4 Å². The third-order valence-electron chi connectivity index (χ3n) is 1.78. The highest BCUT2D eigenvalue weighted by Gasteiger charge is 1.99. The molecule has 0 saturated heterocycles. The van der Waals surface area contributed by atoms with Crippen LogP contribution in [0.25, 0.3) is 0 Å². The molecule has 0 aromatic carbocycles. The lowest BCUT2D eigenvalue weighted by Crippen LogP contribution is -1.78. The molecule has 0 radical (unpaired) electrons. The number of aliphatic hydroxyl groups excluding tert-OH is 1. The van der Waals surface area contributed by atoms with E-state index in [2.05, 4.69) is 58.1 Å². The monoisotopic (exact) mass is 444 g/mol. The first kappa shape index (κ1) is 15.9. The first-order valence-corrected chi connectivity index (χ1v) is 8.27. The fourth-order valence-electron chi connectivity index (χ4n) is 0.975.